The first-order valence-electron chi connectivity index (χ1n) is 6.17. The third-order valence-corrected chi connectivity index (χ3v) is 2.93. The normalized spacial score (nSPS) is 11.9. The quantitative estimate of drug-likeness (QED) is 0.921. The number of pyridine rings is 1. The lowest BCUT2D eigenvalue weighted by atomic mass is 10.1. The number of benzene rings is 1. The van der Waals surface area contributed by atoms with E-state index in [0.29, 0.717) is 5.69 Å². The second-order valence-corrected chi connectivity index (χ2v) is 4.38. The Bertz CT molecular complexity index is 650. The van der Waals surface area contributed by atoms with Crippen molar-refractivity contribution in [2.24, 2.45) is 7.05 Å². The molecule has 0 bridgehead atoms. The number of hydrogen-bond acceptors (Lipinski definition) is 3. The van der Waals surface area contributed by atoms with E-state index in [-0.39, 0.29) is 11.5 Å². The fraction of sp³-hybridized carbons (Fsp3) is 0.200. The lowest BCUT2D eigenvalue weighted by Gasteiger charge is -2.15. The van der Waals surface area contributed by atoms with E-state index in [1.165, 1.54) is 17.7 Å². The molecule has 5 nitrogen and oxygen atoms in total. The van der Waals surface area contributed by atoms with E-state index in [9.17, 15) is 9.59 Å². The van der Waals surface area contributed by atoms with Crippen molar-refractivity contribution in [1.82, 2.24) is 4.57 Å². The zero-order chi connectivity index (χ0) is 14.5. The van der Waals surface area contributed by atoms with Crippen LogP contribution in [0.4, 0.5) is 5.69 Å². The van der Waals surface area contributed by atoms with Gasteiger partial charge in [-0.3, -0.25) is 9.59 Å². The van der Waals surface area contributed by atoms with Crippen molar-refractivity contribution >= 4 is 11.6 Å². The highest BCUT2D eigenvalue weighted by atomic mass is 16.5. The molecule has 2 aromatic rings. The SMILES string of the molecule is CO[C@H](C(=O)Nc1ccc(=O)n(C)c1)c1ccccc1. The topological polar surface area (TPSA) is 60.3 Å². The first-order valence-corrected chi connectivity index (χ1v) is 6.17. The Labute approximate surface area is 116 Å². The fourth-order valence-corrected chi connectivity index (χ4v) is 1.90. The van der Waals surface area contributed by atoms with Crippen LogP contribution in [0.1, 0.15) is 11.7 Å². The first-order chi connectivity index (χ1) is 9.61. The van der Waals surface area contributed by atoms with Gasteiger partial charge in [0.15, 0.2) is 6.10 Å². The summed E-state index contributed by atoms with van der Waals surface area (Å²) >= 11 is 0. The minimum Gasteiger partial charge on any atom is -0.367 e. The van der Waals surface area contributed by atoms with E-state index in [0.717, 1.165) is 5.56 Å². The number of aromatic nitrogens is 1. The number of anilines is 1. The Kier molecular flexibility index (Phi) is 4.32. The van der Waals surface area contributed by atoms with E-state index in [4.69, 9.17) is 4.74 Å². The Morgan fingerprint density at radius 2 is 1.90 bits per heavy atom. The van der Waals surface area contributed by atoms with Crippen molar-refractivity contribution in [3.8, 4) is 0 Å². The summed E-state index contributed by atoms with van der Waals surface area (Å²) in [6.45, 7) is 0. The van der Waals surface area contributed by atoms with Crippen molar-refractivity contribution in [3.63, 3.8) is 0 Å². The Morgan fingerprint density at radius 3 is 2.50 bits per heavy atom. The van der Waals surface area contributed by atoms with Crippen LogP contribution in [0.2, 0.25) is 0 Å². The predicted octanol–water partition coefficient (Wildman–Crippen LogP) is 1.71. The number of nitrogens with zero attached hydrogens (tertiary/aromatic N) is 1. The zero-order valence-electron chi connectivity index (χ0n) is 11.4. The molecule has 0 aliphatic rings. The van der Waals surface area contributed by atoms with Crippen LogP contribution >= 0.6 is 0 Å². The Morgan fingerprint density at radius 1 is 1.20 bits per heavy atom. The van der Waals surface area contributed by atoms with Crippen molar-refractivity contribution in [2.45, 2.75) is 6.10 Å². The number of carbonyl (C=O) groups excluding carboxylic acids is 1. The molecule has 5 heteroatoms. The van der Waals surface area contributed by atoms with Gasteiger partial charge < -0.3 is 14.6 Å². The minimum absolute atomic E-state index is 0.130. The van der Waals surface area contributed by atoms with Gasteiger partial charge in [-0.25, -0.2) is 0 Å². The molecule has 0 aliphatic heterocycles. The number of methoxy groups -OCH3 is 1. The van der Waals surface area contributed by atoms with Gasteiger partial charge >= 0.3 is 0 Å². The molecule has 2 rings (SSSR count). The summed E-state index contributed by atoms with van der Waals surface area (Å²) in [4.78, 5) is 23.5. The van der Waals surface area contributed by atoms with Crippen molar-refractivity contribution in [1.29, 1.82) is 0 Å². The highest BCUT2D eigenvalue weighted by molar-refractivity contribution is 5.94. The molecule has 1 atom stereocenters. The van der Waals surface area contributed by atoms with Crippen LogP contribution in [0.15, 0.2) is 53.5 Å². The standard InChI is InChI=1S/C15H16N2O3/c1-17-10-12(8-9-13(17)18)16-15(19)14(20-2)11-6-4-3-5-7-11/h3-10,14H,1-2H3,(H,16,19)/t14-/m0/s1. The van der Waals surface area contributed by atoms with Gasteiger partial charge in [-0.15, -0.1) is 0 Å². The average Bonchev–Trinajstić information content (AvgIpc) is 2.45. The Balaban J connectivity index is 2.17. The molecule has 0 saturated heterocycles. The van der Waals surface area contributed by atoms with Crippen LogP contribution in [-0.4, -0.2) is 17.6 Å². The molecule has 0 fully saturated rings. The van der Waals surface area contributed by atoms with Crippen LogP contribution < -0.4 is 10.9 Å². The second-order valence-electron chi connectivity index (χ2n) is 4.38. The number of ether oxygens (including phenoxy) is 1. The van der Waals surface area contributed by atoms with Gasteiger partial charge in [0.2, 0.25) is 5.56 Å². The van der Waals surface area contributed by atoms with E-state index in [2.05, 4.69) is 5.32 Å². The molecule has 1 N–H and O–H groups in total. The summed E-state index contributed by atoms with van der Waals surface area (Å²) in [6, 6.07) is 12.2. The van der Waals surface area contributed by atoms with E-state index in [1.54, 1.807) is 19.3 Å². The van der Waals surface area contributed by atoms with Gasteiger partial charge in [0, 0.05) is 26.4 Å². The summed E-state index contributed by atoms with van der Waals surface area (Å²) in [7, 11) is 3.11. The molecule has 20 heavy (non-hydrogen) atoms. The summed E-state index contributed by atoms with van der Waals surface area (Å²) < 4.78 is 6.65. The van der Waals surface area contributed by atoms with Crippen LogP contribution in [0, 0.1) is 0 Å². The summed E-state index contributed by atoms with van der Waals surface area (Å²) in [6.07, 6.45) is 0.881. The average molecular weight is 272 g/mol. The van der Waals surface area contributed by atoms with Crippen molar-refractivity contribution in [2.75, 3.05) is 12.4 Å². The number of nitrogens with one attached hydrogen (secondary N) is 1. The van der Waals surface area contributed by atoms with Crippen LogP contribution in [0.5, 0.6) is 0 Å². The maximum Gasteiger partial charge on any atom is 0.258 e. The smallest absolute Gasteiger partial charge is 0.258 e. The molecule has 1 heterocycles. The third-order valence-electron chi connectivity index (χ3n) is 2.93. The molecule has 1 aromatic heterocycles. The highest BCUT2D eigenvalue weighted by Crippen LogP contribution is 2.18. The lowest BCUT2D eigenvalue weighted by molar-refractivity contribution is -0.126. The summed E-state index contributed by atoms with van der Waals surface area (Å²) in [5.41, 5.74) is 1.20. The maximum absolute atomic E-state index is 12.2. The molecular weight excluding hydrogens is 256 g/mol. The number of hydrogen-bond donors (Lipinski definition) is 1. The van der Waals surface area contributed by atoms with E-state index < -0.39 is 6.10 Å². The van der Waals surface area contributed by atoms with Gasteiger partial charge in [0.25, 0.3) is 5.91 Å². The van der Waals surface area contributed by atoms with Gasteiger partial charge in [0.1, 0.15) is 0 Å². The van der Waals surface area contributed by atoms with Gasteiger partial charge in [-0.05, 0) is 11.6 Å². The minimum atomic E-state index is -0.687. The molecule has 104 valence electrons. The number of carbonyl (C=O) groups is 1. The maximum atomic E-state index is 12.2. The highest BCUT2D eigenvalue weighted by Gasteiger charge is 2.19. The number of amides is 1. The van der Waals surface area contributed by atoms with Crippen LogP contribution in [0.3, 0.4) is 0 Å². The van der Waals surface area contributed by atoms with E-state index >= 15 is 0 Å². The summed E-state index contributed by atoms with van der Waals surface area (Å²) in [5, 5.41) is 2.74. The predicted molar refractivity (Wildman–Crippen MR) is 76.5 cm³/mol. The van der Waals surface area contributed by atoms with Gasteiger partial charge in [0.05, 0.1) is 5.69 Å². The Hall–Kier alpha value is -2.40. The molecular formula is C15H16N2O3. The van der Waals surface area contributed by atoms with Crippen LogP contribution in [-0.2, 0) is 16.6 Å². The molecule has 1 amide bonds. The van der Waals surface area contributed by atoms with E-state index in [1.807, 2.05) is 30.3 Å². The molecule has 0 saturated carbocycles. The first kappa shape index (κ1) is 14.0. The number of rotatable bonds is 4. The lowest BCUT2D eigenvalue weighted by Crippen LogP contribution is -2.24. The molecule has 0 aliphatic carbocycles. The number of aryl methyl sites for hydroxylation is 1. The monoisotopic (exact) mass is 272 g/mol. The zero-order valence-corrected chi connectivity index (χ0v) is 11.4. The van der Waals surface area contributed by atoms with Crippen molar-refractivity contribution < 1.29 is 9.53 Å². The van der Waals surface area contributed by atoms with Gasteiger partial charge in [-0.1, -0.05) is 30.3 Å². The largest absolute Gasteiger partial charge is 0.367 e. The van der Waals surface area contributed by atoms with Crippen LogP contribution in [0.25, 0.3) is 0 Å². The summed E-state index contributed by atoms with van der Waals surface area (Å²) in [5.74, 6) is -0.280. The van der Waals surface area contributed by atoms with Crippen molar-refractivity contribution in [3.05, 3.63) is 64.6 Å². The third kappa shape index (κ3) is 3.13. The van der Waals surface area contributed by atoms with Gasteiger partial charge in [-0.2, -0.15) is 0 Å². The second kappa shape index (κ2) is 6.16. The molecule has 0 radical (unpaired) electrons. The fourth-order valence-electron chi connectivity index (χ4n) is 1.90. The molecule has 0 spiro atoms. The molecule has 1 aromatic carbocycles. The molecule has 0 unspecified atom stereocenters.